The molecule has 0 bridgehead atoms. The standard InChI is InChI=1S/C9H7F6NO2S/c1-4-5(8(10,11)12)2-3-6(9(13,14)15)7(4)19(16,17)18/h2-3H,1H3,(H2,16,17,18). The van der Waals surface area contributed by atoms with Crippen molar-refractivity contribution < 1.29 is 34.8 Å². The van der Waals surface area contributed by atoms with Gasteiger partial charge in [-0.3, -0.25) is 0 Å². The second kappa shape index (κ2) is 4.37. The van der Waals surface area contributed by atoms with Crippen LogP contribution in [0.25, 0.3) is 0 Å². The molecule has 0 unspecified atom stereocenters. The molecule has 1 rings (SSSR count). The van der Waals surface area contributed by atoms with E-state index < -0.39 is 44.0 Å². The third kappa shape index (κ3) is 3.18. The lowest BCUT2D eigenvalue weighted by molar-refractivity contribution is -0.143. The lowest BCUT2D eigenvalue weighted by Gasteiger charge is -2.18. The molecule has 19 heavy (non-hydrogen) atoms. The van der Waals surface area contributed by atoms with E-state index in [0.29, 0.717) is 6.92 Å². The van der Waals surface area contributed by atoms with Crippen LogP contribution >= 0.6 is 0 Å². The highest BCUT2D eigenvalue weighted by Gasteiger charge is 2.41. The predicted molar refractivity (Wildman–Crippen MR) is 52.6 cm³/mol. The van der Waals surface area contributed by atoms with Gasteiger partial charge in [0.15, 0.2) is 0 Å². The predicted octanol–water partition coefficient (Wildman–Crippen LogP) is 2.68. The summed E-state index contributed by atoms with van der Waals surface area (Å²) in [6.07, 6.45) is -10.1. The summed E-state index contributed by atoms with van der Waals surface area (Å²) >= 11 is 0. The van der Waals surface area contributed by atoms with Gasteiger partial charge in [-0.25, -0.2) is 13.6 Å². The van der Waals surface area contributed by atoms with Crippen LogP contribution in [0.5, 0.6) is 0 Å². The Balaban J connectivity index is 3.81. The molecule has 0 amide bonds. The first-order valence-corrected chi connectivity index (χ1v) is 6.11. The van der Waals surface area contributed by atoms with Crippen molar-refractivity contribution in [2.24, 2.45) is 5.14 Å². The topological polar surface area (TPSA) is 60.2 Å². The number of primary sulfonamides is 1. The molecule has 1 aromatic rings. The molecule has 108 valence electrons. The van der Waals surface area contributed by atoms with Crippen molar-refractivity contribution in [1.29, 1.82) is 0 Å². The van der Waals surface area contributed by atoms with E-state index in [1.807, 2.05) is 0 Å². The lowest BCUT2D eigenvalue weighted by atomic mass is 10.0. The molecule has 0 spiro atoms. The highest BCUT2D eigenvalue weighted by molar-refractivity contribution is 7.89. The van der Waals surface area contributed by atoms with E-state index in [4.69, 9.17) is 0 Å². The van der Waals surface area contributed by atoms with Gasteiger partial charge in [0.2, 0.25) is 10.0 Å². The third-order valence-electron chi connectivity index (χ3n) is 2.30. The molecular weight excluding hydrogens is 300 g/mol. The Labute approximate surface area is 104 Å². The van der Waals surface area contributed by atoms with E-state index in [1.165, 1.54) is 0 Å². The zero-order valence-electron chi connectivity index (χ0n) is 9.22. The number of hydrogen-bond donors (Lipinski definition) is 1. The van der Waals surface area contributed by atoms with E-state index in [-0.39, 0.29) is 12.1 Å². The second-order valence-electron chi connectivity index (χ2n) is 3.66. The van der Waals surface area contributed by atoms with Crippen molar-refractivity contribution in [3.63, 3.8) is 0 Å². The quantitative estimate of drug-likeness (QED) is 0.811. The summed E-state index contributed by atoms with van der Waals surface area (Å²) in [5, 5.41) is 4.57. The summed E-state index contributed by atoms with van der Waals surface area (Å²) in [4.78, 5) is -1.56. The van der Waals surface area contributed by atoms with E-state index >= 15 is 0 Å². The molecule has 0 aliphatic rings. The summed E-state index contributed by atoms with van der Waals surface area (Å²) in [6.45, 7) is 0.623. The van der Waals surface area contributed by atoms with E-state index in [1.54, 1.807) is 0 Å². The number of rotatable bonds is 1. The average Bonchev–Trinajstić information content (AvgIpc) is 2.11. The maximum absolute atomic E-state index is 12.6. The molecule has 0 radical (unpaired) electrons. The molecule has 10 heteroatoms. The van der Waals surface area contributed by atoms with Gasteiger partial charge < -0.3 is 0 Å². The minimum Gasteiger partial charge on any atom is -0.225 e. The summed E-state index contributed by atoms with van der Waals surface area (Å²) < 4.78 is 97.6. The number of alkyl halides is 6. The van der Waals surface area contributed by atoms with Crippen LogP contribution in [0, 0.1) is 6.92 Å². The van der Waals surface area contributed by atoms with Crippen molar-refractivity contribution in [3.8, 4) is 0 Å². The zero-order chi connectivity index (χ0) is 15.2. The van der Waals surface area contributed by atoms with Gasteiger partial charge in [0.1, 0.15) is 0 Å². The molecule has 0 aliphatic heterocycles. The largest absolute Gasteiger partial charge is 0.417 e. The smallest absolute Gasteiger partial charge is 0.225 e. The molecule has 3 nitrogen and oxygen atoms in total. The zero-order valence-corrected chi connectivity index (χ0v) is 10.0. The summed E-state index contributed by atoms with van der Waals surface area (Å²) in [7, 11) is -4.95. The minimum absolute atomic E-state index is 0.0512. The molecule has 0 aromatic heterocycles. The molecular formula is C9H7F6NO2S. The molecule has 0 saturated carbocycles. The Morgan fingerprint density at radius 3 is 1.63 bits per heavy atom. The van der Waals surface area contributed by atoms with Gasteiger partial charge in [-0.15, -0.1) is 0 Å². The fourth-order valence-corrected chi connectivity index (χ4v) is 2.62. The van der Waals surface area contributed by atoms with Gasteiger partial charge in [-0.05, 0) is 24.6 Å². The van der Waals surface area contributed by atoms with Crippen LogP contribution in [-0.2, 0) is 22.4 Å². The second-order valence-corrected chi connectivity index (χ2v) is 5.15. The van der Waals surface area contributed by atoms with Crippen molar-refractivity contribution in [2.45, 2.75) is 24.2 Å². The van der Waals surface area contributed by atoms with E-state index in [0.717, 1.165) is 0 Å². The number of nitrogens with two attached hydrogens (primary N) is 1. The maximum atomic E-state index is 12.6. The van der Waals surface area contributed by atoms with Crippen LogP contribution in [0.15, 0.2) is 17.0 Å². The summed E-state index contributed by atoms with van der Waals surface area (Å²) in [5.74, 6) is 0. The molecule has 2 N–H and O–H groups in total. The fraction of sp³-hybridized carbons (Fsp3) is 0.333. The van der Waals surface area contributed by atoms with Crippen molar-refractivity contribution >= 4 is 10.0 Å². The Morgan fingerprint density at radius 1 is 0.947 bits per heavy atom. The lowest BCUT2D eigenvalue weighted by Crippen LogP contribution is -2.22. The first-order chi connectivity index (χ1) is 8.26. The van der Waals surface area contributed by atoms with Crippen molar-refractivity contribution in [2.75, 3.05) is 0 Å². The first kappa shape index (κ1) is 15.8. The molecule has 1 aromatic carbocycles. The minimum atomic E-state index is -5.13. The number of sulfonamides is 1. The summed E-state index contributed by atoms with van der Waals surface area (Å²) in [6, 6.07) is 0.225. The number of halogens is 6. The Kier molecular flexibility index (Phi) is 3.63. The molecule has 0 saturated heterocycles. The van der Waals surface area contributed by atoms with Gasteiger partial charge in [-0.1, -0.05) is 0 Å². The Hall–Kier alpha value is -1.29. The van der Waals surface area contributed by atoms with Crippen LogP contribution in [0.4, 0.5) is 26.3 Å². The van der Waals surface area contributed by atoms with Gasteiger partial charge in [0.05, 0.1) is 16.0 Å². The van der Waals surface area contributed by atoms with E-state index in [9.17, 15) is 34.8 Å². The first-order valence-electron chi connectivity index (χ1n) is 4.57. The average molecular weight is 307 g/mol. The maximum Gasteiger partial charge on any atom is 0.417 e. The Morgan fingerprint density at radius 2 is 1.32 bits per heavy atom. The van der Waals surface area contributed by atoms with Crippen molar-refractivity contribution in [1.82, 2.24) is 0 Å². The number of benzene rings is 1. The van der Waals surface area contributed by atoms with E-state index in [2.05, 4.69) is 5.14 Å². The third-order valence-corrected chi connectivity index (χ3v) is 3.40. The highest BCUT2D eigenvalue weighted by Crippen LogP contribution is 2.40. The van der Waals surface area contributed by atoms with Gasteiger partial charge in [-0.2, -0.15) is 26.3 Å². The van der Waals surface area contributed by atoms with Crippen LogP contribution < -0.4 is 5.14 Å². The highest BCUT2D eigenvalue weighted by atomic mass is 32.2. The van der Waals surface area contributed by atoms with Crippen LogP contribution in [0.1, 0.15) is 16.7 Å². The van der Waals surface area contributed by atoms with Crippen LogP contribution in [0.3, 0.4) is 0 Å². The van der Waals surface area contributed by atoms with Crippen LogP contribution in [-0.4, -0.2) is 8.42 Å². The number of hydrogen-bond acceptors (Lipinski definition) is 2. The summed E-state index contributed by atoms with van der Waals surface area (Å²) in [5.41, 5.74) is -4.28. The molecule has 0 atom stereocenters. The van der Waals surface area contributed by atoms with Gasteiger partial charge >= 0.3 is 12.4 Å². The monoisotopic (exact) mass is 307 g/mol. The van der Waals surface area contributed by atoms with Crippen molar-refractivity contribution in [3.05, 3.63) is 28.8 Å². The van der Waals surface area contributed by atoms with Gasteiger partial charge in [0, 0.05) is 0 Å². The van der Waals surface area contributed by atoms with Gasteiger partial charge in [0.25, 0.3) is 0 Å². The Bertz CT molecular complexity index is 602. The fourth-order valence-electron chi connectivity index (χ4n) is 1.59. The normalized spacial score (nSPS) is 13.7. The molecule has 0 aliphatic carbocycles. The van der Waals surface area contributed by atoms with Crippen LogP contribution in [0.2, 0.25) is 0 Å². The molecule has 0 heterocycles. The SMILES string of the molecule is Cc1c(C(F)(F)F)ccc(C(F)(F)F)c1S(N)(=O)=O. The molecule has 0 fully saturated rings.